The third-order valence-electron chi connectivity index (χ3n) is 2.69. The largest absolute Gasteiger partial charge is 0.416 e. The van der Waals surface area contributed by atoms with Gasteiger partial charge in [0.15, 0.2) is 0 Å². The topological polar surface area (TPSA) is 12.0 Å². The van der Waals surface area contributed by atoms with Gasteiger partial charge >= 0.3 is 6.18 Å². The van der Waals surface area contributed by atoms with E-state index in [0.29, 0.717) is 12.5 Å². The average Bonchev–Trinajstić information content (AvgIpc) is 2.19. The predicted molar refractivity (Wildman–Crippen MR) is 58.2 cm³/mol. The van der Waals surface area contributed by atoms with Gasteiger partial charge in [-0.05, 0) is 45.0 Å². The van der Waals surface area contributed by atoms with Gasteiger partial charge in [0.2, 0.25) is 0 Å². The molecule has 1 nitrogen and oxygen atoms in total. The summed E-state index contributed by atoms with van der Waals surface area (Å²) in [7, 11) is 1.72. The molecule has 0 aliphatic rings. The first-order valence-corrected chi connectivity index (χ1v) is 5.20. The molecular formula is C12H15F4N. The molecule has 0 aliphatic carbocycles. The zero-order valence-electron chi connectivity index (χ0n) is 9.95. The van der Waals surface area contributed by atoms with E-state index in [2.05, 4.69) is 5.32 Å². The molecule has 0 radical (unpaired) electrons. The molecule has 0 fully saturated rings. The van der Waals surface area contributed by atoms with E-state index in [1.165, 1.54) is 6.07 Å². The maximum atomic E-state index is 13.5. The van der Waals surface area contributed by atoms with Gasteiger partial charge < -0.3 is 5.32 Å². The molecule has 0 atom stereocenters. The molecule has 0 saturated carbocycles. The highest BCUT2D eigenvalue weighted by Gasteiger charge is 2.31. The lowest BCUT2D eigenvalue weighted by atomic mass is 9.94. The molecule has 0 unspecified atom stereocenters. The van der Waals surface area contributed by atoms with Crippen LogP contribution in [-0.2, 0) is 12.6 Å². The van der Waals surface area contributed by atoms with Crippen molar-refractivity contribution in [3.8, 4) is 0 Å². The number of benzene rings is 1. The lowest BCUT2D eigenvalue weighted by molar-refractivity contribution is -0.137. The number of hydrogen-bond acceptors (Lipinski definition) is 1. The van der Waals surface area contributed by atoms with Crippen LogP contribution in [0.5, 0.6) is 0 Å². The van der Waals surface area contributed by atoms with Gasteiger partial charge in [-0.25, -0.2) is 4.39 Å². The van der Waals surface area contributed by atoms with Gasteiger partial charge in [-0.3, -0.25) is 0 Å². The Labute approximate surface area is 97.8 Å². The summed E-state index contributed by atoms with van der Waals surface area (Å²) in [6, 6.07) is 2.64. The van der Waals surface area contributed by atoms with Gasteiger partial charge in [0, 0.05) is 5.54 Å². The minimum absolute atomic E-state index is 0.275. The zero-order valence-corrected chi connectivity index (χ0v) is 9.95. The van der Waals surface area contributed by atoms with E-state index in [1.807, 2.05) is 13.8 Å². The number of likely N-dealkylation sites (N-methyl/N-ethyl adjacent to an activating group) is 1. The van der Waals surface area contributed by atoms with E-state index in [0.717, 1.165) is 6.07 Å². The molecule has 96 valence electrons. The number of hydrogen-bond donors (Lipinski definition) is 1. The van der Waals surface area contributed by atoms with E-state index in [9.17, 15) is 17.6 Å². The maximum Gasteiger partial charge on any atom is 0.416 e. The first kappa shape index (κ1) is 14.0. The van der Waals surface area contributed by atoms with Crippen LogP contribution in [0.25, 0.3) is 0 Å². The fourth-order valence-electron chi connectivity index (χ4n) is 1.43. The summed E-state index contributed by atoms with van der Waals surface area (Å²) < 4.78 is 50.5. The van der Waals surface area contributed by atoms with Crippen LogP contribution in [0.15, 0.2) is 18.2 Å². The minimum Gasteiger partial charge on any atom is -0.314 e. The highest BCUT2D eigenvalue weighted by atomic mass is 19.4. The van der Waals surface area contributed by atoms with Gasteiger partial charge in [0.05, 0.1) is 5.56 Å². The number of nitrogens with one attached hydrogen (secondary N) is 1. The lowest BCUT2D eigenvalue weighted by Gasteiger charge is -2.24. The van der Waals surface area contributed by atoms with Gasteiger partial charge in [-0.15, -0.1) is 0 Å². The Morgan fingerprint density at radius 2 is 1.76 bits per heavy atom. The van der Waals surface area contributed by atoms with Gasteiger partial charge in [-0.1, -0.05) is 6.07 Å². The SMILES string of the molecule is CNC(C)(C)Cc1ccc(C(F)(F)F)cc1F. The second kappa shape index (κ2) is 4.64. The van der Waals surface area contributed by atoms with Crippen molar-refractivity contribution < 1.29 is 17.6 Å². The Morgan fingerprint density at radius 3 is 2.18 bits per heavy atom. The fourth-order valence-corrected chi connectivity index (χ4v) is 1.43. The minimum atomic E-state index is -4.50. The second-order valence-electron chi connectivity index (χ2n) is 4.61. The molecule has 1 N–H and O–H groups in total. The molecule has 0 aliphatic heterocycles. The molecule has 0 aromatic heterocycles. The van der Waals surface area contributed by atoms with E-state index >= 15 is 0 Å². The highest BCUT2D eigenvalue weighted by molar-refractivity contribution is 5.27. The van der Waals surface area contributed by atoms with Crippen molar-refractivity contribution in [1.29, 1.82) is 0 Å². The van der Waals surface area contributed by atoms with Crippen LogP contribution in [0.1, 0.15) is 25.0 Å². The van der Waals surface area contributed by atoms with Gasteiger partial charge in [-0.2, -0.15) is 13.2 Å². The molecule has 5 heteroatoms. The number of halogens is 4. The van der Waals surface area contributed by atoms with E-state index in [4.69, 9.17) is 0 Å². The summed E-state index contributed by atoms with van der Waals surface area (Å²) >= 11 is 0. The molecule has 1 aromatic carbocycles. The van der Waals surface area contributed by atoms with Crippen molar-refractivity contribution in [3.63, 3.8) is 0 Å². The molecule has 0 amide bonds. The Balaban J connectivity index is 2.99. The van der Waals surface area contributed by atoms with Crippen molar-refractivity contribution in [2.75, 3.05) is 7.05 Å². The molecule has 1 rings (SSSR count). The van der Waals surface area contributed by atoms with Crippen LogP contribution in [0.3, 0.4) is 0 Å². The summed E-state index contributed by atoms with van der Waals surface area (Å²) in [4.78, 5) is 0. The van der Waals surface area contributed by atoms with Crippen LogP contribution < -0.4 is 5.32 Å². The van der Waals surface area contributed by atoms with E-state index in [-0.39, 0.29) is 11.1 Å². The molecule has 0 spiro atoms. The Morgan fingerprint density at radius 1 is 1.18 bits per heavy atom. The van der Waals surface area contributed by atoms with Crippen LogP contribution >= 0.6 is 0 Å². The normalized spacial score (nSPS) is 12.9. The van der Waals surface area contributed by atoms with Crippen molar-refractivity contribution in [3.05, 3.63) is 35.1 Å². The standard InChI is InChI=1S/C12H15F4N/c1-11(2,17-3)7-8-4-5-9(6-10(8)13)12(14,15)16/h4-6,17H,7H2,1-3H3. The lowest BCUT2D eigenvalue weighted by Crippen LogP contribution is -2.38. The summed E-state index contributed by atoms with van der Waals surface area (Å²) in [6.45, 7) is 3.70. The first-order chi connectivity index (χ1) is 7.65. The Bertz CT molecular complexity index is 396. The smallest absolute Gasteiger partial charge is 0.314 e. The fraction of sp³-hybridized carbons (Fsp3) is 0.500. The molecule has 0 bridgehead atoms. The summed E-state index contributed by atoms with van der Waals surface area (Å²) in [5, 5.41) is 2.97. The van der Waals surface area contributed by atoms with Crippen LogP contribution in [0.2, 0.25) is 0 Å². The van der Waals surface area contributed by atoms with Crippen LogP contribution in [-0.4, -0.2) is 12.6 Å². The van der Waals surface area contributed by atoms with Gasteiger partial charge in [0.1, 0.15) is 5.82 Å². The van der Waals surface area contributed by atoms with Crippen molar-refractivity contribution in [2.24, 2.45) is 0 Å². The molecular weight excluding hydrogens is 234 g/mol. The van der Waals surface area contributed by atoms with Crippen LogP contribution in [0, 0.1) is 5.82 Å². The van der Waals surface area contributed by atoms with Crippen molar-refractivity contribution >= 4 is 0 Å². The number of alkyl halides is 3. The molecule has 17 heavy (non-hydrogen) atoms. The Hall–Kier alpha value is -1.10. The molecule has 0 saturated heterocycles. The summed E-state index contributed by atoms with van der Waals surface area (Å²) in [6.07, 6.45) is -4.18. The van der Waals surface area contributed by atoms with Crippen molar-refractivity contribution in [2.45, 2.75) is 32.0 Å². The third kappa shape index (κ3) is 3.70. The molecule has 1 aromatic rings. The maximum absolute atomic E-state index is 13.5. The first-order valence-electron chi connectivity index (χ1n) is 5.20. The van der Waals surface area contributed by atoms with Crippen molar-refractivity contribution in [1.82, 2.24) is 5.32 Å². The monoisotopic (exact) mass is 249 g/mol. The van der Waals surface area contributed by atoms with Crippen LogP contribution in [0.4, 0.5) is 17.6 Å². The summed E-state index contributed by atoms with van der Waals surface area (Å²) in [5.41, 5.74) is -1.04. The molecule has 0 heterocycles. The van der Waals surface area contributed by atoms with E-state index < -0.39 is 17.6 Å². The van der Waals surface area contributed by atoms with E-state index in [1.54, 1.807) is 7.05 Å². The zero-order chi connectivity index (χ0) is 13.3. The average molecular weight is 249 g/mol. The third-order valence-corrected chi connectivity index (χ3v) is 2.69. The highest BCUT2D eigenvalue weighted by Crippen LogP contribution is 2.30. The van der Waals surface area contributed by atoms with Gasteiger partial charge in [0.25, 0.3) is 0 Å². The second-order valence-corrected chi connectivity index (χ2v) is 4.61. The summed E-state index contributed by atoms with van der Waals surface area (Å²) in [5.74, 6) is -0.817. The predicted octanol–water partition coefficient (Wildman–Crippen LogP) is 3.39. The number of rotatable bonds is 3. The quantitative estimate of drug-likeness (QED) is 0.810. The Kier molecular flexibility index (Phi) is 3.81.